The normalized spacial score (nSPS) is 16.8. The predicted molar refractivity (Wildman–Crippen MR) is 55.8 cm³/mol. The van der Waals surface area contributed by atoms with Gasteiger partial charge in [0.2, 0.25) is 0 Å². The van der Waals surface area contributed by atoms with Gasteiger partial charge < -0.3 is 4.90 Å². The number of rotatable bonds is 1. The van der Waals surface area contributed by atoms with Crippen molar-refractivity contribution in [1.29, 1.82) is 0 Å². The van der Waals surface area contributed by atoms with Crippen molar-refractivity contribution in [2.24, 2.45) is 0 Å². The van der Waals surface area contributed by atoms with Crippen LogP contribution in [0.25, 0.3) is 0 Å². The van der Waals surface area contributed by atoms with Crippen LogP contribution < -0.4 is 0 Å². The van der Waals surface area contributed by atoms with Crippen LogP contribution in [0.15, 0.2) is 12.1 Å². The molecule has 2 rings (SSSR count). The molecule has 1 aliphatic rings. The molecule has 1 aliphatic heterocycles. The first-order valence-corrected chi connectivity index (χ1v) is 5.19. The van der Waals surface area contributed by atoms with E-state index in [4.69, 9.17) is 0 Å². The minimum absolute atomic E-state index is 0.0317. The summed E-state index contributed by atoms with van der Waals surface area (Å²) in [6.07, 6.45) is 1.76. The van der Waals surface area contributed by atoms with Gasteiger partial charge >= 0.3 is 0 Å². The van der Waals surface area contributed by atoms with Crippen LogP contribution in [-0.2, 0) is 19.4 Å². The first-order chi connectivity index (χ1) is 6.70. The molecule has 0 spiro atoms. The lowest BCUT2D eigenvalue weighted by Crippen LogP contribution is -2.26. The monoisotopic (exact) mass is 193 g/mol. The van der Waals surface area contributed by atoms with E-state index in [2.05, 4.69) is 11.9 Å². The Bertz CT molecular complexity index is 346. The number of likely N-dealkylation sites (N-methyl/N-ethyl adjacent to an activating group) is 1. The highest BCUT2D eigenvalue weighted by atomic mass is 19.1. The minimum atomic E-state index is -0.0317. The summed E-state index contributed by atoms with van der Waals surface area (Å²) in [5.74, 6) is -0.0317. The summed E-state index contributed by atoms with van der Waals surface area (Å²) in [4.78, 5) is 2.28. The zero-order chi connectivity index (χ0) is 10.1. The number of nitrogens with zero attached hydrogens (tertiary/aromatic N) is 1. The highest BCUT2D eigenvalue weighted by Crippen LogP contribution is 2.22. The van der Waals surface area contributed by atoms with Gasteiger partial charge in [0.05, 0.1) is 0 Å². The molecule has 1 aromatic carbocycles. The number of fused-ring (bicyclic) bond motifs is 1. The van der Waals surface area contributed by atoms with Crippen LogP contribution in [0.3, 0.4) is 0 Å². The van der Waals surface area contributed by atoms with Crippen molar-refractivity contribution in [3.63, 3.8) is 0 Å². The van der Waals surface area contributed by atoms with Gasteiger partial charge in [0.15, 0.2) is 0 Å². The first kappa shape index (κ1) is 9.66. The highest BCUT2D eigenvalue weighted by molar-refractivity contribution is 5.34. The number of benzene rings is 1. The lowest BCUT2D eigenvalue weighted by Gasteiger charge is -2.25. The molecule has 0 aliphatic carbocycles. The molecule has 0 N–H and O–H groups in total. The first-order valence-electron chi connectivity index (χ1n) is 5.19. The van der Waals surface area contributed by atoms with E-state index in [-0.39, 0.29) is 5.82 Å². The van der Waals surface area contributed by atoms with Crippen molar-refractivity contribution < 1.29 is 4.39 Å². The Hall–Kier alpha value is -0.890. The average molecular weight is 193 g/mol. The Morgan fingerprint density at radius 2 is 2.14 bits per heavy atom. The Labute approximate surface area is 84.5 Å². The third-order valence-electron chi connectivity index (χ3n) is 2.95. The molecule has 0 saturated heterocycles. The van der Waals surface area contributed by atoms with Crippen LogP contribution in [0.5, 0.6) is 0 Å². The van der Waals surface area contributed by atoms with Crippen LogP contribution in [-0.4, -0.2) is 18.5 Å². The second-order valence-corrected chi connectivity index (χ2v) is 4.05. The van der Waals surface area contributed by atoms with Gasteiger partial charge in [0, 0.05) is 13.1 Å². The summed E-state index contributed by atoms with van der Waals surface area (Å²) in [6, 6.07) is 3.75. The van der Waals surface area contributed by atoms with E-state index in [1.807, 2.05) is 13.0 Å². The van der Waals surface area contributed by atoms with E-state index in [1.165, 1.54) is 11.1 Å². The zero-order valence-corrected chi connectivity index (χ0v) is 8.81. The van der Waals surface area contributed by atoms with Gasteiger partial charge in [-0.05, 0) is 42.6 Å². The summed E-state index contributed by atoms with van der Waals surface area (Å²) in [7, 11) is 2.11. The average Bonchev–Trinajstić information content (AvgIpc) is 2.17. The zero-order valence-electron chi connectivity index (χ0n) is 8.81. The topological polar surface area (TPSA) is 3.24 Å². The molecule has 0 saturated carbocycles. The molecule has 0 bridgehead atoms. The Kier molecular flexibility index (Phi) is 2.55. The molecule has 1 aromatic rings. The Balaban J connectivity index is 2.41. The van der Waals surface area contributed by atoms with Crippen LogP contribution in [0.1, 0.15) is 23.6 Å². The third-order valence-corrected chi connectivity index (χ3v) is 2.95. The van der Waals surface area contributed by atoms with E-state index in [1.54, 1.807) is 6.07 Å². The maximum Gasteiger partial charge on any atom is 0.126 e. The number of hydrogen-bond donors (Lipinski definition) is 0. The molecule has 0 aromatic heterocycles. The molecule has 14 heavy (non-hydrogen) atoms. The van der Waals surface area contributed by atoms with Crippen LogP contribution in [0.2, 0.25) is 0 Å². The van der Waals surface area contributed by atoms with Gasteiger partial charge in [0.25, 0.3) is 0 Å². The fourth-order valence-corrected chi connectivity index (χ4v) is 2.04. The molecule has 0 amide bonds. The number of aryl methyl sites for hydroxylation is 1. The maximum absolute atomic E-state index is 13.5. The molecule has 0 unspecified atom stereocenters. The second kappa shape index (κ2) is 3.70. The van der Waals surface area contributed by atoms with Crippen molar-refractivity contribution in [2.45, 2.75) is 26.3 Å². The molecule has 2 heteroatoms. The molecule has 0 fully saturated rings. The molecule has 0 atom stereocenters. The summed E-state index contributed by atoms with van der Waals surface area (Å²) >= 11 is 0. The van der Waals surface area contributed by atoms with Gasteiger partial charge in [-0.3, -0.25) is 0 Å². The van der Waals surface area contributed by atoms with E-state index in [9.17, 15) is 4.39 Å². The van der Waals surface area contributed by atoms with Crippen molar-refractivity contribution in [3.05, 3.63) is 34.6 Å². The Morgan fingerprint density at radius 1 is 1.36 bits per heavy atom. The van der Waals surface area contributed by atoms with E-state index in [0.717, 1.165) is 31.5 Å². The summed E-state index contributed by atoms with van der Waals surface area (Å²) in [5.41, 5.74) is 3.34. The molecule has 1 nitrogen and oxygen atoms in total. The predicted octanol–water partition coefficient (Wildman–Crippen LogP) is 2.38. The minimum Gasteiger partial charge on any atom is -0.302 e. The number of hydrogen-bond acceptors (Lipinski definition) is 1. The van der Waals surface area contributed by atoms with Crippen LogP contribution in [0, 0.1) is 5.82 Å². The van der Waals surface area contributed by atoms with Crippen molar-refractivity contribution in [2.75, 3.05) is 13.6 Å². The number of halogens is 1. The molecular formula is C12H16FN. The van der Waals surface area contributed by atoms with Crippen LogP contribution in [0.4, 0.5) is 4.39 Å². The quantitative estimate of drug-likeness (QED) is 0.662. The maximum atomic E-state index is 13.5. The van der Waals surface area contributed by atoms with Gasteiger partial charge in [-0.1, -0.05) is 13.0 Å². The fraction of sp³-hybridized carbons (Fsp3) is 0.500. The molecule has 0 radical (unpaired) electrons. The van der Waals surface area contributed by atoms with Crippen molar-refractivity contribution in [1.82, 2.24) is 4.90 Å². The van der Waals surface area contributed by atoms with Gasteiger partial charge in [0.1, 0.15) is 5.82 Å². The van der Waals surface area contributed by atoms with E-state index >= 15 is 0 Å². The summed E-state index contributed by atoms with van der Waals surface area (Å²) in [5, 5.41) is 0. The highest BCUT2D eigenvalue weighted by Gasteiger charge is 2.15. The van der Waals surface area contributed by atoms with Gasteiger partial charge in [-0.25, -0.2) is 4.39 Å². The van der Waals surface area contributed by atoms with E-state index in [0.29, 0.717) is 0 Å². The third kappa shape index (κ3) is 1.67. The standard InChI is InChI=1S/C12H16FN/c1-3-9-6-11-8-14(2)5-4-10(11)7-12(9)13/h6-7H,3-5,8H2,1-2H3. The largest absolute Gasteiger partial charge is 0.302 e. The van der Waals surface area contributed by atoms with Gasteiger partial charge in [-0.15, -0.1) is 0 Å². The van der Waals surface area contributed by atoms with Gasteiger partial charge in [-0.2, -0.15) is 0 Å². The fourth-order valence-electron chi connectivity index (χ4n) is 2.04. The van der Waals surface area contributed by atoms with E-state index < -0.39 is 0 Å². The summed E-state index contributed by atoms with van der Waals surface area (Å²) in [6.45, 7) is 4.00. The molecular weight excluding hydrogens is 177 g/mol. The second-order valence-electron chi connectivity index (χ2n) is 4.05. The lowest BCUT2D eigenvalue weighted by atomic mass is 9.96. The summed E-state index contributed by atoms with van der Waals surface area (Å²) < 4.78 is 13.5. The van der Waals surface area contributed by atoms with Crippen molar-refractivity contribution in [3.8, 4) is 0 Å². The molecule has 1 heterocycles. The lowest BCUT2D eigenvalue weighted by molar-refractivity contribution is 0.312. The Morgan fingerprint density at radius 3 is 2.86 bits per heavy atom. The SMILES string of the molecule is CCc1cc2c(cc1F)CCN(C)C2. The van der Waals surface area contributed by atoms with Crippen LogP contribution >= 0.6 is 0 Å². The molecule has 76 valence electrons. The van der Waals surface area contributed by atoms with Crippen molar-refractivity contribution >= 4 is 0 Å². The smallest absolute Gasteiger partial charge is 0.126 e.